The second kappa shape index (κ2) is 6.54. The minimum Gasteiger partial charge on any atom is -0.383 e. The third-order valence-corrected chi connectivity index (χ3v) is 3.20. The van der Waals surface area contributed by atoms with Gasteiger partial charge in [0.05, 0.1) is 6.61 Å². The van der Waals surface area contributed by atoms with E-state index in [0.29, 0.717) is 25.7 Å². The van der Waals surface area contributed by atoms with Crippen LogP contribution in [0.1, 0.15) is 18.4 Å². The van der Waals surface area contributed by atoms with Gasteiger partial charge >= 0.3 is 6.03 Å². The van der Waals surface area contributed by atoms with Crippen molar-refractivity contribution in [2.24, 2.45) is 5.73 Å². The molecule has 0 unspecified atom stereocenters. The molecule has 0 aliphatic heterocycles. The van der Waals surface area contributed by atoms with Crippen LogP contribution in [-0.2, 0) is 11.3 Å². The summed E-state index contributed by atoms with van der Waals surface area (Å²) in [4.78, 5) is 14.1. The molecule has 0 radical (unpaired) electrons. The summed E-state index contributed by atoms with van der Waals surface area (Å²) in [6, 6.07) is 7.92. The van der Waals surface area contributed by atoms with Crippen molar-refractivity contribution < 1.29 is 9.53 Å². The number of ether oxygens (including phenoxy) is 1. The van der Waals surface area contributed by atoms with Gasteiger partial charge in [0.15, 0.2) is 0 Å². The van der Waals surface area contributed by atoms with E-state index >= 15 is 0 Å². The number of rotatable bonds is 6. The van der Waals surface area contributed by atoms with Crippen molar-refractivity contribution in [2.75, 3.05) is 25.6 Å². The zero-order chi connectivity index (χ0) is 13.7. The Labute approximate surface area is 113 Å². The number of nitrogens with one attached hydrogen (secondary N) is 1. The van der Waals surface area contributed by atoms with Crippen LogP contribution in [0.2, 0.25) is 0 Å². The molecule has 0 spiro atoms. The molecule has 0 bridgehead atoms. The van der Waals surface area contributed by atoms with E-state index in [-0.39, 0.29) is 6.03 Å². The first kappa shape index (κ1) is 13.8. The van der Waals surface area contributed by atoms with Gasteiger partial charge in [0.2, 0.25) is 0 Å². The molecule has 0 atom stereocenters. The van der Waals surface area contributed by atoms with E-state index < -0.39 is 0 Å². The Morgan fingerprint density at radius 1 is 1.53 bits per heavy atom. The van der Waals surface area contributed by atoms with E-state index in [9.17, 15) is 4.79 Å². The molecule has 104 valence electrons. The Bertz CT molecular complexity index is 432. The summed E-state index contributed by atoms with van der Waals surface area (Å²) < 4.78 is 5.05. The van der Waals surface area contributed by atoms with Crippen LogP contribution < -0.4 is 11.1 Å². The molecule has 0 aromatic heterocycles. The number of anilines is 1. The SMILES string of the molecule is COCCN(C(=O)Nc1cccc(CN)c1)C1CC1. The molecule has 19 heavy (non-hydrogen) atoms. The van der Waals surface area contributed by atoms with E-state index in [4.69, 9.17) is 10.5 Å². The van der Waals surface area contributed by atoms with Gasteiger partial charge in [-0.05, 0) is 30.5 Å². The van der Waals surface area contributed by atoms with E-state index in [0.717, 1.165) is 24.1 Å². The van der Waals surface area contributed by atoms with Crippen LogP contribution in [0.4, 0.5) is 10.5 Å². The van der Waals surface area contributed by atoms with Crippen LogP contribution in [0.25, 0.3) is 0 Å². The fourth-order valence-electron chi connectivity index (χ4n) is 2.00. The molecular formula is C14H21N3O2. The van der Waals surface area contributed by atoms with Crippen molar-refractivity contribution in [1.82, 2.24) is 4.90 Å². The molecule has 1 saturated carbocycles. The second-order valence-electron chi connectivity index (χ2n) is 4.75. The number of hydrogen-bond acceptors (Lipinski definition) is 3. The van der Waals surface area contributed by atoms with Gasteiger partial charge in [-0.3, -0.25) is 0 Å². The molecular weight excluding hydrogens is 242 g/mol. The highest BCUT2D eigenvalue weighted by Crippen LogP contribution is 2.27. The van der Waals surface area contributed by atoms with Gasteiger partial charge in [-0.15, -0.1) is 0 Å². The van der Waals surface area contributed by atoms with Crippen molar-refractivity contribution in [3.63, 3.8) is 0 Å². The van der Waals surface area contributed by atoms with Crippen molar-refractivity contribution in [3.8, 4) is 0 Å². The number of carbonyl (C=O) groups excluding carboxylic acids is 1. The minimum absolute atomic E-state index is 0.0614. The first-order valence-corrected chi connectivity index (χ1v) is 6.60. The largest absolute Gasteiger partial charge is 0.383 e. The third kappa shape index (κ3) is 3.94. The van der Waals surface area contributed by atoms with Crippen LogP contribution in [0, 0.1) is 0 Å². The monoisotopic (exact) mass is 263 g/mol. The molecule has 2 amide bonds. The Balaban J connectivity index is 1.97. The summed E-state index contributed by atoms with van der Waals surface area (Å²) in [5, 5.41) is 2.92. The first-order valence-electron chi connectivity index (χ1n) is 6.60. The predicted octanol–water partition coefficient (Wildman–Crippen LogP) is 1.79. The van der Waals surface area contributed by atoms with Gasteiger partial charge in [-0.2, -0.15) is 0 Å². The van der Waals surface area contributed by atoms with E-state index in [2.05, 4.69) is 5.32 Å². The number of hydrogen-bond donors (Lipinski definition) is 2. The Kier molecular flexibility index (Phi) is 4.76. The predicted molar refractivity (Wildman–Crippen MR) is 75.0 cm³/mol. The molecule has 1 aromatic carbocycles. The number of urea groups is 1. The van der Waals surface area contributed by atoms with E-state index in [1.165, 1.54) is 0 Å². The molecule has 1 aromatic rings. The van der Waals surface area contributed by atoms with Crippen molar-refractivity contribution in [3.05, 3.63) is 29.8 Å². The molecule has 0 saturated heterocycles. The van der Waals surface area contributed by atoms with Crippen molar-refractivity contribution in [2.45, 2.75) is 25.4 Å². The number of carbonyl (C=O) groups is 1. The maximum atomic E-state index is 12.2. The highest BCUT2D eigenvalue weighted by Gasteiger charge is 2.32. The van der Waals surface area contributed by atoms with Crippen LogP contribution >= 0.6 is 0 Å². The number of benzene rings is 1. The average Bonchev–Trinajstić information content (AvgIpc) is 3.24. The van der Waals surface area contributed by atoms with Gasteiger partial charge < -0.3 is 20.7 Å². The molecule has 5 heteroatoms. The average molecular weight is 263 g/mol. The summed E-state index contributed by atoms with van der Waals surface area (Å²) >= 11 is 0. The first-order chi connectivity index (χ1) is 9.24. The summed E-state index contributed by atoms with van der Waals surface area (Å²) in [6.45, 7) is 1.66. The quantitative estimate of drug-likeness (QED) is 0.822. The van der Waals surface area contributed by atoms with Crippen LogP contribution in [0.15, 0.2) is 24.3 Å². The maximum absolute atomic E-state index is 12.2. The fourth-order valence-corrected chi connectivity index (χ4v) is 2.00. The number of methoxy groups -OCH3 is 1. The number of amides is 2. The Morgan fingerprint density at radius 3 is 2.95 bits per heavy atom. The van der Waals surface area contributed by atoms with Crippen molar-refractivity contribution >= 4 is 11.7 Å². The highest BCUT2D eigenvalue weighted by atomic mass is 16.5. The van der Waals surface area contributed by atoms with Crippen LogP contribution in [0.3, 0.4) is 0 Å². The van der Waals surface area contributed by atoms with Crippen LogP contribution in [0.5, 0.6) is 0 Å². The van der Waals surface area contributed by atoms with Gasteiger partial charge in [-0.1, -0.05) is 12.1 Å². The zero-order valence-electron chi connectivity index (χ0n) is 11.3. The summed E-state index contributed by atoms with van der Waals surface area (Å²) in [5.74, 6) is 0. The molecule has 1 fully saturated rings. The number of nitrogens with zero attached hydrogens (tertiary/aromatic N) is 1. The smallest absolute Gasteiger partial charge is 0.322 e. The molecule has 2 rings (SSSR count). The van der Waals surface area contributed by atoms with Gasteiger partial charge in [0.1, 0.15) is 0 Å². The molecule has 0 heterocycles. The highest BCUT2D eigenvalue weighted by molar-refractivity contribution is 5.89. The Hall–Kier alpha value is -1.59. The normalized spacial score (nSPS) is 14.2. The zero-order valence-corrected chi connectivity index (χ0v) is 11.3. The number of nitrogens with two attached hydrogens (primary N) is 1. The Morgan fingerprint density at radius 2 is 2.32 bits per heavy atom. The second-order valence-corrected chi connectivity index (χ2v) is 4.75. The van der Waals surface area contributed by atoms with Crippen LogP contribution in [-0.4, -0.2) is 37.2 Å². The van der Waals surface area contributed by atoms with E-state index in [1.54, 1.807) is 7.11 Å². The lowest BCUT2D eigenvalue weighted by atomic mass is 10.2. The lowest BCUT2D eigenvalue weighted by Crippen LogP contribution is -2.39. The van der Waals surface area contributed by atoms with Gasteiger partial charge in [0, 0.05) is 31.9 Å². The summed E-state index contributed by atoms with van der Waals surface area (Å²) in [7, 11) is 1.65. The summed E-state index contributed by atoms with van der Waals surface area (Å²) in [6.07, 6.45) is 2.17. The minimum atomic E-state index is -0.0614. The third-order valence-electron chi connectivity index (χ3n) is 3.20. The van der Waals surface area contributed by atoms with Gasteiger partial charge in [-0.25, -0.2) is 4.79 Å². The topological polar surface area (TPSA) is 67.6 Å². The molecule has 5 nitrogen and oxygen atoms in total. The standard InChI is InChI=1S/C14H21N3O2/c1-19-8-7-17(13-5-6-13)14(18)16-12-4-2-3-11(9-12)10-15/h2-4,9,13H,5-8,10,15H2,1H3,(H,16,18). The van der Waals surface area contributed by atoms with Gasteiger partial charge in [0.25, 0.3) is 0 Å². The molecule has 3 N–H and O–H groups in total. The fraction of sp³-hybridized carbons (Fsp3) is 0.500. The lowest BCUT2D eigenvalue weighted by molar-refractivity contribution is 0.152. The van der Waals surface area contributed by atoms with Crippen molar-refractivity contribution in [1.29, 1.82) is 0 Å². The van der Waals surface area contributed by atoms with E-state index in [1.807, 2.05) is 29.2 Å². The molecule has 1 aliphatic rings. The molecule has 1 aliphatic carbocycles. The lowest BCUT2D eigenvalue weighted by Gasteiger charge is -2.22. The summed E-state index contributed by atoms with van der Waals surface area (Å²) in [5.41, 5.74) is 7.39. The maximum Gasteiger partial charge on any atom is 0.322 e.